The molecule has 0 aliphatic carbocycles. The van der Waals surface area contributed by atoms with Gasteiger partial charge in [0.2, 0.25) is 11.1 Å². The number of fused-ring (bicyclic) bond motifs is 1. The monoisotopic (exact) mass is 383 g/mol. The van der Waals surface area contributed by atoms with Crippen LogP contribution in [0.5, 0.6) is 0 Å². The third-order valence-corrected chi connectivity index (χ3v) is 5.21. The van der Waals surface area contributed by atoms with Crippen LogP contribution in [-0.4, -0.2) is 31.7 Å². The SMILES string of the molecule is CSc1nc2nc(C)c(CCC(=O)Nc3ccc(C(C)C)cc3)c(C)n2n1. The van der Waals surface area contributed by atoms with Crippen LogP contribution in [0.1, 0.15) is 48.7 Å². The van der Waals surface area contributed by atoms with Crippen molar-refractivity contribution < 1.29 is 4.79 Å². The molecule has 1 N–H and O–H groups in total. The predicted octanol–water partition coefficient (Wildman–Crippen LogP) is 4.16. The number of hydrogen-bond acceptors (Lipinski definition) is 5. The first-order valence-corrected chi connectivity index (χ1v) is 10.3. The summed E-state index contributed by atoms with van der Waals surface area (Å²) in [4.78, 5) is 21.3. The molecule has 2 heterocycles. The van der Waals surface area contributed by atoms with Gasteiger partial charge in [-0.25, -0.2) is 9.50 Å². The van der Waals surface area contributed by atoms with Crippen molar-refractivity contribution in [1.82, 2.24) is 19.6 Å². The zero-order valence-corrected chi connectivity index (χ0v) is 17.2. The van der Waals surface area contributed by atoms with Crippen LogP contribution in [0.3, 0.4) is 0 Å². The van der Waals surface area contributed by atoms with E-state index in [1.54, 1.807) is 4.52 Å². The summed E-state index contributed by atoms with van der Waals surface area (Å²) in [7, 11) is 0. The number of nitrogens with zero attached hydrogens (tertiary/aromatic N) is 4. The fourth-order valence-corrected chi connectivity index (χ4v) is 3.39. The molecule has 0 aliphatic rings. The van der Waals surface area contributed by atoms with Gasteiger partial charge >= 0.3 is 0 Å². The maximum atomic E-state index is 12.4. The lowest BCUT2D eigenvalue weighted by Gasteiger charge is -2.11. The summed E-state index contributed by atoms with van der Waals surface area (Å²) in [5, 5.41) is 8.12. The molecular weight excluding hydrogens is 358 g/mol. The first-order chi connectivity index (χ1) is 12.9. The Labute approximate surface area is 163 Å². The Morgan fingerprint density at radius 2 is 1.89 bits per heavy atom. The number of thioether (sulfide) groups is 1. The molecule has 0 unspecified atom stereocenters. The maximum absolute atomic E-state index is 12.4. The van der Waals surface area contributed by atoms with E-state index in [0.717, 1.165) is 22.6 Å². The first kappa shape index (κ1) is 19.4. The lowest BCUT2D eigenvalue weighted by atomic mass is 10.0. The van der Waals surface area contributed by atoms with Crippen molar-refractivity contribution in [2.75, 3.05) is 11.6 Å². The van der Waals surface area contributed by atoms with Crippen molar-refractivity contribution >= 4 is 29.1 Å². The number of amides is 1. The molecule has 7 heteroatoms. The van der Waals surface area contributed by atoms with Gasteiger partial charge in [0.1, 0.15) is 0 Å². The zero-order chi connectivity index (χ0) is 19.6. The number of aryl methyl sites for hydroxylation is 2. The molecule has 0 radical (unpaired) electrons. The van der Waals surface area contributed by atoms with Gasteiger partial charge in [-0.05, 0) is 55.7 Å². The van der Waals surface area contributed by atoms with E-state index in [2.05, 4.69) is 46.4 Å². The lowest BCUT2D eigenvalue weighted by molar-refractivity contribution is -0.116. The van der Waals surface area contributed by atoms with Crippen LogP contribution < -0.4 is 5.32 Å². The summed E-state index contributed by atoms with van der Waals surface area (Å²) < 4.78 is 1.76. The highest BCUT2D eigenvalue weighted by molar-refractivity contribution is 7.98. The average Bonchev–Trinajstić information content (AvgIpc) is 3.05. The highest BCUT2D eigenvalue weighted by atomic mass is 32.2. The van der Waals surface area contributed by atoms with Gasteiger partial charge in [0.25, 0.3) is 5.78 Å². The van der Waals surface area contributed by atoms with E-state index in [4.69, 9.17) is 0 Å². The van der Waals surface area contributed by atoms with E-state index in [9.17, 15) is 4.79 Å². The van der Waals surface area contributed by atoms with Crippen LogP contribution in [-0.2, 0) is 11.2 Å². The van der Waals surface area contributed by atoms with Gasteiger partial charge in [0.05, 0.1) is 0 Å². The zero-order valence-electron chi connectivity index (χ0n) is 16.4. The van der Waals surface area contributed by atoms with Crippen molar-refractivity contribution in [3.63, 3.8) is 0 Å². The average molecular weight is 384 g/mol. The largest absolute Gasteiger partial charge is 0.326 e. The summed E-state index contributed by atoms with van der Waals surface area (Å²) in [6.45, 7) is 8.26. The fourth-order valence-electron chi connectivity index (χ4n) is 3.05. The fraction of sp³-hybridized carbons (Fsp3) is 0.400. The molecule has 0 saturated carbocycles. The molecule has 6 nitrogen and oxygen atoms in total. The maximum Gasteiger partial charge on any atom is 0.253 e. The predicted molar refractivity (Wildman–Crippen MR) is 110 cm³/mol. The quantitative estimate of drug-likeness (QED) is 0.647. The van der Waals surface area contributed by atoms with E-state index in [1.807, 2.05) is 32.2 Å². The number of carbonyl (C=O) groups excluding carboxylic acids is 1. The molecule has 0 aliphatic heterocycles. The minimum Gasteiger partial charge on any atom is -0.326 e. The molecule has 0 spiro atoms. The molecule has 1 aromatic carbocycles. The van der Waals surface area contributed by atoms with Crippen molar-refractivity contribution in [3.05, 3.63) is 46.8 Å². The van der Waals surface area contributed by atoms with E-state index in [-0.39, 0.29) is 5.91 Å². The van der Waals surface area contributed by atoms with Crippen LogP contribution >= 0.6 is 11.8 Å². The van der Waals surface area contributed by atoms with Crippen LogP contribution in [0, 0.1) is 13.8 Å². The second-order valence-corrected chi connectivity index (χ2v) is 7.67. The Morgan fingerprint density at radius 3 is 2.52 bits per heavy atom. The topological polar surface area (TPSA) is 72.2 Å². The Hall–Kier alpha value is -2.41. The number of anilines is 1. The summed E-state index contributed by atoms with van der Waals surface area (Å²) in [6, 6.07) is 8.02. The van der Waals surface area contributed by atoms with E-state index >= 15 is 0 Å². The standard InChI is InChI=1S/C20H25N5OS/c1-12(2)15-6-8-16(9-7-15)22-18(26)11-10-17-13(3)21-19-23-20(27-5)24-25(19)14(17)4/h6-9,12H,10-11H2,1-5H3,(H,22,26). The molecule has 0 saturated heterocycles. The highest BCUT2D eigenvalue weighted by Crippen LogP contribution is 2.19. The minimum atomic E-state index is -0.00501. The molecule has 142 valence electrons. The molecule has 0 bridgehead atoms. The van der Waals surface area contributed by atoms with Gasteiger partial charge in [0, 0.05) is 23.5 Å². The van der Waals surface area contributed by atoms with E-state index in [0.29, 0.717) is 29.7 Å². The van der Waals surface area contributed by atoms with Crippen LogP contribution in [0.4, 0.5) is 5.69 Å². The smallest absolute Gasteiger partial charge is 0.253 e. The van der Waals surface area contributed by atoms with Crippen LogP contribution in [0.2, 0.25) is 0 Å². The molecule has 2 aromatic heterocycles. The summed E-state index contributed by atoms with van der Waals surface area (Å²) >= 11 is 1.49. The minimum absolute atomic E-state index is 0.00501. The lowest BCUT2D eigenvalue weighted by Crippen LogP contribution is -2.14. The van der Waals surface area contributed by atoms with Gasteiger partial charge in [-0.1, -0.05) is 37.7 Å². The highest BCUT2D eigenvalue weighted by Gasteiger charge is 2.14. The van der Waals surface area contributed by atoms with Gasteiger partial charge < -0.3 is 5.32 Å². The number of benzene rings is 1. The number of hydrogen-bond donors (Lipinski definition) is 1. The van der Waals surface area contributed by atoms with Gasteiger partial charge in [-0.3, -0.25) is 4.79 Å². The number of rotatable bonds is 6. The third kappa shape index (κ3) is 4.30. The number of carbonyl (C=O) groups is 1. The van der Waals surface area contributed by atoms with Crippen molar-refractivity contribution in [1.29, 1.82) is 0 Å². The number of nitrogens with one attached hydrogen (secondary N) is 1. The van der Waals surface area contributed by atoms with Gasteiger partial charge in [0.15, 0.2) is 0 Å². The van der Waals surface area contributed by atoms with E-state index < -0.39 is 0 Å². The molecule has 27 heavy (non-hydrogen) atoms. The normalized spacial score (nSPS) is 11.3. The first-order valence-electron chi connectivity index (χ1n) is 9.05. The molecule has 3 aromatic rings. The second-order valence-electron chi connectivity index (χ2n) is 6.90. The van der Waals surface area contributed by atoms with Gasteiger partial charge in [-0.15, -0.1) is 5.10 Å². The van der Waals surface area contributed by atoms with Crippen molar-refractivity contribution in [2.45, 2.75) is 51.6 Å². The Bertz CT molecular complexity index is 963. The molecular formula is C20H25N5OS. The van der Waals surface area contributed by atoms with Crippen LogP contribution in [0.15, 0.2) is 29.4 Å². The molecule has 0 atom stereocenters. The Balaban J connectivity index is 1.69. The van der Waals surface area contributed by atoms with Crippen LogP contribution in [0.25, 0.3) is 5.78 Å². The van der Waals surface area contributed by atoms with E-state index in [1.165, 1.54) is 17.3 Å². The molecule has 3 rings (SSSR count). The summed E-state index contributed by atoms with van der Waals surface area (Å²) in [6.07, 6.45) is 2.95. The molecule has 0 fully saturated rings. The van der Waals surface area contributed by atoms with Gasteiger partial charge in [-0.2, -0.15) is 4.98 Å². The van der Waals surface area contributed by atoms with Crippen molar-refractivity contribution in [3.8, 4) is 0 Å². The summed E-state index contributed by atoms with van der Waals surface area (Å²) in [5.41, 5.74) is 5.02. The third-order valence-electron chi connectivity index (χ3n) is 4.68. The molecule has 1 amide bonds. The Morgan fingerprint density at radius 1 is 1.19 bits per heavy atom. The summed E-state index contributed by atoms with van der Waals surface area (Å²) in [5.74, 6) is 1.08. The number of aromatic nitrogens is 4. The second kappa shape index (κ2) is 8.08. The Kier molecular flexibility index (Phi) is 5.79. The van der Waals surface area contributed by atoms with Crippen molar-refractivity contribution in [2.24, 2.45) is 0 Å².